The third kappa shape index (κ3) is 2.13. The van der Waals surface area contributed by atoms with Gasteiger partial charge in [0.2, 0.25) is 0 Å². The molecule has 0 bridgehead atoms. The van der Waals surface area contributed by atoms with Gasteiger partial charge in [-0.1, -0.05) is 25.4 Å². The van der Waals surface area contributed by atoms with Crippen LogP contribution in [0, 0.1) is 0 Å². The molecule has 0 atom stereocenters. The Morgan fingerprint density at radius 3 is 2.50 bits per heavy atom. The van der Waals surface area contributed by atoms with Gasteiger partial charge in [-0.3, -0.25) is 0 Å². The Kier molecular flexibility index (Phi) is 3.68. The Morgan fingerprint density at radius 1 is 1.36 bits per heavy atom. The van der Waals surface area contributed by atoms with Gasteiger partial charge in [-0.25, -0.2) is 4.79 Å². The zero-order valence-corrected chi connectivity index (χ0v) is 8.54. The maximum absolute atomic E-state index is 11.0. The quantitative estimate of drug-likeness (QED) is 0.786. The van der Waals surface area contributed by atoms with Crippen molar-refractivity contribution in [3.05, 3.63) is 17.0 Å². The molecule has 1 aromatic heterocycles. The van der Waals surface area contributed by atoms with Crippen LogP contribution in [0.3, 0.4) is 0 Å². The van der Waals surface area contributed by atoms with Crippen LogP contribution < -0.4 is 0 Å². The number of rotatable bonds is 5. The smallest absolute Gasteiger partial charge is 0.341 e. The van der Waals surface area contributed by atoms with Gasteiger partial charge in [0.15, 0.2) is 5.76 Å². The van der Waals surface area contributed by atoms with Crippen LogP contribution in [0.15, 0.2) is 4.52 Å². The van der Waals surface area contributed by atoms with Crippen LogP contribution in [-0.4, -0.2) is 16.2 Å². The number of aromatic nitrogens is 1. The maximum atomic E-state index is 11.0. The average molecular weight is 197 g/mol. The molecule has 1 rings (SSSR count). The number of carbonyl (C=O) groups is 1. The molecular formula is C10H15NO3. The zero-order chi connectivity index (χ0) is 10.6. The van der Waals surface area contributed by atoms with E-state index in [0.717, 1.165) is 12.8 Å². The van der Waals surface area contributed by atoms with Crippen molar-refractivity contribution in [2.24, 2.45) is 0 Å². The van der Waals surface area contributed by atoms with Gasteiger partial charge < -0.3 is 9.63 Å². The number of aromatic carboxylic acids is 1. The fourth-order valence-corrected chi connectivity index (χ4v) is 1.41. The molecule has 0 amide bonds. The first-order valence-corrected chi connectivity index (χ1v) is 4.91. The minimum Gasteiger partial charge on any atom is -0.477 e. The number of carboxylic acid groups (broad SMARTS) is 1. The summed E-state index contributed by atoms with van der Waals surface area (Å²) in [6, 6.07) is 0. The van der Waals surface area contributed by atoms with E-state index in [1.165, 1.54) is 0 Å². The molecule has 1 N–H and O–H groups in total. The van der Waals surface area contributed by atoms with E-state index in [4.69, 9.17) is 9.63 Å². The minimum absolute atomic E-state index is 0.272. The summed E-state index contributed by atoms with van der Waals surface area (Å²) in [7, 11) is 0. The van der Waals surface area contributed by atoms with Crippen molar-refractivity contribution in [2.45, 2.75) is 39.5 Å². The highest BCUT2D eigenvalue weighted by atomic mass is 16.5. The van der Waals surface area contributed by atoms with Gasteiger partial charge in [-0.05, 0) is 12.8 Å². The monoisotopic (exact) mass is 197 g/mol. The van der Waals surface area contributed by atoms with Crippen LogP contribution in [0.5, 0.6) is 0 Å². The third-order valence-corrected chi connectivity index (χ3v) is 2.01. The second kappa shape index (κ2) is 4.79. The first-order valence-electron chi connectivity index (χ1n) is 4.91. The molecule has 1 aromatic rings. The maximum Gasteiger partial charge on any atom is 0.341 e. The van der Waals surface area contributed by atoms with Gasteiger partial charge in [0.1, 0.15) is 5.56 Å². The minimum atomic E-state index is -0.932. The second-order valence-corrected chi connectivity index (χ2v) is 3.23. The molecule has 1 heterocycles. The summed E-state index contributed by atoms with van der Waals surface area (Å²) in [6.45, 7) is 3.97. The first kappa shape index (κ1) is 10.8. The lowest BCUT2D eigenvalue weighted by atomic mass is 10.1. The molecule has 0 aliphatic rings. The van der Waals surface area contributed by atoms with E-state index in [1.807, 2.05) is 13.8 Å². The lowest BCUT2D eigenvalue weighted by molar-refractivity contribution is 0.0693. The topological polar surface area (TPSA) is 63.3 Å². The highest BCUT2D eigenvalue weighted by molar-refractivity contribution is 5.89. The molecule has 0 aromatic carbocycles. The summed E-state index contributed by atoms with van der Waals surface area (Å²) in [4.78, 5) is 11.0. The second-order valence-electron chi connectivity index (χ2n) is 3.23. The summed E-state index contributed by atoms with van der Waals surface area (Å²) in [6.07, 6.45) is 3.03. The molecule has 0 unspecified atom stereocenters. The van der Waals surface area contributed by atoms with Crippen molar-refractivity contribution in [3.8, 4) is 0 Å². The molecule has 4 nitrogen and oxygen atoms in total. The van der Waals surface area contributed by atoms with Crippen LogP contribution in [0.25, 0.3) is 0 Å². The van der Waals surface area contributed by atoms with Crippen LogP contribution in [0.4, 0.5) is 0 Å². The van der Waals surface area contributed by atoms with E-state index >= 15 is 0 Å². The summed E-state index contributed by atoms with van der Waals surface area (Å²) >= 11 is 0. The van der Waals surface area contributed by atoms with E-state index < -0.39 is 5.97 Å². The molecule has 4 heteroatoms. The Bertz CT molecular complexity index is 294. The highest BCUT2D eigenvalue weighted by Crippen LogP contribution is 2.17. The highest BCUT2D eigenvalue weighted by Gasteiger charge is 2.20. The number of carboxylic acids is 1. The van der Waals surface area contributed by atoms with E-state index in [9.17, 15) is 4.79 Å². The summed E-state index contributed by atoms with van der Waals surface area (Å²) in [5.74, 6) is -0.429. The Morgan fingerprint density at radius 2 is 2.00 bits per heavy atom. The SMILES string of the molecule is CCCc1noc(CCC)c1C(=O)O. The lowest BCUT2D eigenvalue weighted by Gasteiger charge is -1.95. The van der Waals surface area contributed by atoms with Crippen LogP contribution in [0.2, 0.25) is 0 Å². The van der Waals surface area contributed by atoms with Crippen molar-refractivity contribution in [1.29, 1.82) is 0 Å². The van der Waals surface area contributed by atoms with Crippen LogP contribution in [-0.2, 0) is 12.8 Å². The van der Waals surface area contributed by atoms with E-state index in [0.29, 0.717) is 24.3 Å². The Hall–Kier alpha value is -1.32. The van der Waals surface area contributed by atoms with E-state index in [-0.39, 0.29) is 5.56 Å². The molecule has 0 fully saturated rings. The number of hydrogen-bond donors (Lipinski definition) is 1. The molecular weight excluding hydrogens is 182 g/mol. The summed E-state index contributed by atoms with van der Waals surface area (Å²) in [5, 5.41) is 12.8. The van der Waals surface area contributed by atoms with Gasteiger partial charge in [0.05, 0.1) is 5.69 Å². The van der Waals surface area contributed by atoms with Crippen LogP contribution >= 0.6 is 0 Å². The van der Waals surface area contributed by atoms with Crippen molar-refractivity contribution in [1.82, 2.24) is 5.16 Å². The van der Waals surface area contributed by atoms with Crippen molar-refractivity contribution >= 4 is 5.97 Å². The molecule has 14 heavy (non-hydrogen) atoms. The number of nitrogens with zero attached hydrogens (tertiary/aromatic N) is 1. The standard InChI is InChI=1S/C10H15NO3/c1-3-5-7-9(10(12)13)8(6-4-2)14-11-7/h3-6H2,1-2H3,(H,12,13). The molecule has 0 spiro atoms. The first-order chi connectivity index (χ1) is 6.70. The average Bonchev–Trinajstić information content (AvgIpc) is 2.49. The predicted octanol–water partition coefficient (Wildman–Crippen LogP) is 2.28. The van der Waals surface area contributed by atoms with E-state index in [1.54, 1.807) is 0 Å². The van der Waals surface area contributed by atoms with Crippen molar-refractivity contribution < 1.29 is 14.4 Å². The third-order valence-electron chi connectivity index (χ3n) is 2.01. The van der Waals surface area contributed by atoms with Crippen molar-refractivity contribution in [2.75, 3.05) is 0 Å². The molecule has 0 radical (unpaired) electrons. The normalized spacial score (nSPS) is 10.4. The van der Waals surface area contributed by atoms with E-state index in [2.05, 4.69) is 5.16 Å². The largest absolute Gasteiger partial charge is 0.477 e. The van der Waals surface area contributed by atoms with Gasteiger partial charge in [0.25, 0.3) is 0 Å². The number of aryl methyl sites for hydroxylation is 2. The van der Waals surface area contributed by atoms with Crippen LogP contribution in [0.1, 0.15) is 48.5 Å². The summed E-state index contributed by atoms with van der Waals surface area (Å²) < 4.78 is 5.02. The summed E-state index contributed by atoms with van der Waals surface area (Å²) in [5.41, 5.74) is 0.845. The Balaban J connectivity index is 3.00. The van der Waals surface area contributed by atoms with Gasteiger partial charge in [-0.15, -0.1) is 0 Å². The lowest BCUT2D eigenvalue weighted by Crippen LogP contribution is -2.03. The molecule has 0 aliphatic carbocycles. The van der Waals surface area contributed by atoms with Gasteiger partial charge in [-0.2, -0.15) is 0 Å². The fourth-order valence-electron chi connectivity index (χ4n) is 1.41. The van der Waals surface area contributed by atoms with Gasteiger partial charge in [0, 0.05) is 6.42 Å². The molecule has 0 saturated carbocycles. The molecule has 0 aliphatic heterocycles. The van der Waals surface area contributed by atoms with Gasteiger partial charge >= 0.3 is 5.97 Å². The number of hydrogen-bond acceptors (Lipinski definition) is 3. The molecule has 0 saturated heterocycles. The Labute approximate surface area is 82.9 Å². The predicted molar refractivity (Wildman–Crippen MR) is 51.5 cm³/mol. The fraction of sp³-hybridized carbons (Fsp3) is 0.600. The van der Waals surface area contributed by atoms with Crippen molar-refractivity contribution in [3.63, 3.8) is 0 Å². The zero-order valence-electron chi connectivity index (χ0n) is 8.54. The molecule has 78 valence electrons.